The molecule has 1 saturated heterocycles. The Kier molecular flexibility index (Phi) is 3.88. The average Bonchev–Trinajstić information content (AvgIpc) is 3.11. The Bertz CT molecular complexity index is 466. The quantitative estimate of drug-likeness (QED) is 0.863. The first kappa shape index (κ1) is 13.7. The maximum atomic E-state index is 5.42. The van der Waals surface area contributed by atoms with E-state index in [2.05, 4.69) is 35.8 Å². The molecule has 110 valence electrons. The van der Waals surface area contributed by atoms with Crippen LogP contribution in [0.3, 0.4) is 0 Å². The average molecular weight is 274 g/mol. The fourth-order valence-electron chi connectivity index (χ4n) is 3.96. The van der Waals surface area contributed by atoms with Crippen LogP contribution in [0.2, 0.25) is 0 Å². The van der Waals surface area contributed by atoms with E-state index >= 15 is 0 Å². The van der Waals surface area contributed by atoms with Crippen molar-refractivity contribution in [2.45, 2.75) is 38.5 Å². The molecule has 3 heteroatoms. The van der Waals surface area contributed by atoms with E-state index in [1.165, 1.54) is 43.5 Å². The number of methoxy groups -OCH3 is 1. The van der Waals surface area contributed by atoms with E-state index in [0.29, 0.717) is 11.3 Å². The molecule has 0 spiro atoms. The van der Waals surface area contributed by atoms with E-state index in [1.54, 1.807) is 7.11 Å². The van der Waals surface area contributed by atoms with Crippen molar-refractivity contribution in [2.24, 2.45) is 5.41 Å². The lowest BCUT2D eigenvalue weighted by Gasteiger charge is -2.35. The summed E-state index contributed by atoms with van der Waals surface area (Å²) < 4.78 is 5.42. The molecule has 2 atom stereocenters. The second kappa shape index (κ2) is 5.65. The Morgan fingerprint density at radius 3 is 3.00 bits per heavy atom. The third-order valence-corrected chi connectivity index (χ3v) is 5.17. The molecule has 0 radical (unpaired) electrons. The first-order valence-corrected chi connectivity index (χ1v) is 7.91. The van der Waals surface area contributed by atoms with Gasteiger partial charge in [0.1, 0.15) is 5.75 Å². The molecule has 2 aliphatic rings. The summed E-state index contributed by atoms with van der Waals surface area (Å²) in [6, 6.07) is 6.47. The lowest BCUT2D eigenvalue weighted by Crippen LogP contribution is -2.32. The molecule has 3 nitrogen and oxygen atoms in total. The Morgan fingerprint density at radius 2 is 2.30 bits per heavy atom. The Morgan fingerprint density at radius 1 is 1.40 bits per heavy atom. The number of unbranched alkanes of at least 4 members (excludes halogenated alkanes) is 1. The summed E-state index contributed by atoms with van der Waals surface area (Å²) in [7, 11) is 1.75. The zero-order chi connectivity index (χ0) is 14.0. The zero-order valence-electron chi connectivity index (χ0n) is 12.7. The number of nitrogens with one attached hydrogen (secondary N) is 2. The smallest absolute Gasteiger partial charge is 0.119 e. The minimum atomic E-state index is 0.431. The molecule has 0 aliphatic carbocycles. The van der Waals surface area contributed by atoms with Gasteiger partial charge in [-0.2, -0.15) is 0 Å². The number of fused-ring (bicyclic) bond motifs is 1. The van der Waals surface area contributed by atoms with Crippen molar-refractivity contribution in [1.29, 1.82) is 0 Å². The molecule has 1 fully saturated rings. The van der Waals surface area contributed by atoms with Crippen molar-refractivity contribution in [3.63, 3.8) is 0 Å². The molecule has 0 amide bonds. The summed E-state index contributed by atoms with van der Waals surface area (Å²) >= 11 is 0. The Balaban J connectivity index is 1.91. The van der Waals surface area contributed by atoms with Crippen molar-refractivity contribution in [3.05, 3.63) is 23.8 Å². The largest absolute Gasteiger partial charge is 0.497 e. The lowest BCUT2D eigenvalue weighted by atomic mass is 9.69. The molecule has 2 unspecified atom stereocenters. The number of benzene rings is 1. The maximum absolute atomic E-state index is 5.42. The highest BCUT2D eigenvalue weighted by Crippen LogP contribution is 2.50. The van der Waals surface area contributed by atoms with Gasteiger partial charge in [-0.1, -0.05) is 19.8 Å². The summed E-state index contributed by atoms with van der Waals surface area (Å²) in [5, 5.41) is 7.20. The molecule has 1 aromatic rings. The predicted octanol–water partition coefficient (Wildman–Crippen LogP) is 3.37. The van der Waals surface area contributed by atoms with Crippen molar-refractivity contribution in [2.75, 3.05) is 32.1 Å². The van der Waals surface area contributed by atoms with Crippen LogP contribution in [0.4, 0.5) is 5.69 Å². The summed E-state index contributed by atoms with van der Waals surface area (Å²) in [5.41, 5.74) is 3.20. The highest BCUT2D eigenvalue weighted by molar-refractivity contribution is 5.61. The van der Waals surface area contributed by atoms with Gasteiger partial charge in [0, 0.05) is 24.7 Å². The van der Waals surface area contributed by atoms with Gasteiger partial charge in [0.15, 0.2) is 0 Å². The van der Waals surface area contributed by atoms with Crippen molar-refractivity contribution in [1.82, 2.24) is 5.32 Å². The van der Waals surface area contributed by atoms with Gasteiger partial charge >= 0.3 is 0 Å². The second-order valence-corrected chi connectivity index (χ2v) is 6.28. The third-order valence-electron chi connectivity index (χ3n) is 5.17. The highest BCUT2D eigenvalue weighted by atomic mass is 16.5. The summed E-state index contributed by atoms with van der Waals surface area (Å²) in [5.74, 6) is 1.60. The first-order chi connectivity index (χ1) is 9.79. The van der Waals surface area contributed by atoms with Gasteiger partial charge in [-0.05, 0) is 48.6 Å². The molecule has 2 heterocycles. The number of rotatable bonds is 5. The zero-order valence-corrected chi connectivity index (χ0v) is 12.7. The standard InChI is InChI=1S/C17H26N2O/c1-3-4-7-17(8-9-18-12-17)15-11-19-16-6-5-13(20-2)10-14(15)16/h5-6,10,15,18-19H,3-4,7-9,11-12H2,1-2H3. The maximum Gasteiger partial charge on any atom is 0.119 e. The summed E-state index contributed by atoms with van der Waals surface area (Å²) in [6.45, 7) is 5.70. The molecule has 0 bridgehead atoms. The normalized spacial score (nSPS) is 28.2. The molecular formula is C17H26N2O. The van der Waals surface area contributed by atoms with E-state index in [-0.39, 0.29) is 0 Å². The van der Waals surface area contributed by atoms with Crippen molar-refractivity contribution in [3.8, 4) is 5.75 Å². The van der Waals surface area contributed by atoms with Crippen LogP contribution in [0.25, 0.3) is 0 Å². The fourth-order valence-corrected chi connectivity index (χ4v) is 3.96. The van der Waals surface area contributed by atoms with Gasteiger partial charge in [0.05, 0.1) is 7.11 Å². The van der Waals surface area contributed by atoms with Crippen molar-refractivity contribution >= 4 is 5.69 Å². The van der Waals surface area contributed by atoms with Crippen molar-refractivity contribution < 1.29 is 4.74 Å². The fraction of sp³-hybridized carbons (Fsp3) is 0.647. The van der Waals surface area contributed by atoms with Crippen LogP contribution in [-0.2, 0) is 0 Å². The van der Waals surface area contributed by atoms with Crippen LogP contribution in [0, 0.1) is 5.41 Å². The molecule has 0 aromatic heterocycles. The van der Waals surface area contributed by atoms with Crippen LogP contribution in [0.15, 0.2) is 18.2 Å². The number of anilines is 1. The van der Waals surface area contributed by atoms with Gasteiger partial charge in [-0.3, -0.25) is 0 Å². The monoisotopic (exact) mass is 274 g/mol. The molecular weight excluding hydrogens is 248 g/mol. The van der Waals surface area contributed by atoms with E-state index in [1.807, 2.05) is 0 Å². The van der Waals surface area contributed by atoms with Crippen LogP contribution >= 0.6 is 0 Å². The molecule has 0 saturated carbocycles. The third kappa shape index (κ3) is 2.28. The topological polar surface area (TPSA) is 33.3 Å². The van der Waals surface area contributed by atoms with E-state index in [9.17, 15) is 0 Å². The summed E-state index contributed by atoms with van der Waals surface area (Å²) in [6.07, 6.45) is 5.25. The molecule has 1 aromatic carbocycles. The van der Waals surface area contributed by atoms with E-state index in [0.717, 1.165) is 18.8 Å². The number of ether oxygens (including phenoxy) is 1. The molecule has 20 heavy (non-hydrogen) atoms. The highest BCUT2D eigenvalue weighted by Gasteiger charge is 2.44. The Hall–Kier alpha value is -1.22. The molecule has 2 N–H and O–H groups in total. The molecule has 2 aliphatic heterocycles. The summed E-state index contributed by atoms with van der Waals surface area (Å²) in [4.78, 5) is 0. The Labute approximate surface area is 122 Å². The van der Waals surface area contributed by atoms with Crippen LogP contribution < -0.4 is 15.4 Å². The van der Waals surface area contributed by atoms with Gasteiger partial charge in [-0.15, -0.1) is 0 Å². The van der Waals surface area contributed by atoms with E-state index < -0.39 is 0 Å². The van der Waals surface area contributed by atoms with Gasteiger partial charge < -0.3 is 15.4 Å². The van der Waals surface area contributed by atoms with Crippen LogP contribution in [0.1, 0.15) is 44.1 Å². The predicted molar refractivity (Wildman–Crippen MR) is 83.7 cm³/mol. The lowest BCUT2D eigenvalue weighted by molar-refractivity contribution is 0.235. The van der Waals surface area contributed by atoms with Crippen LogP contribution in [-0.4, -0.2) is 26.7 Å². The second-order valence-electron chi connectivity index (χ2n) is 6.28. The van der Waals surface area contributed by atoms with Gasteiger partial charge in [-0.25, -0.2) is 0 Å². The minimum absolute atomic E-state index is 0.431. The van der Waals surface area contributed by atoms with Gasteiger partial charge in [0.2, 0.25) is 0 Å². The number of hydrogen-bond acceptors (Lipinski definition) is 3. The number of hydrogen-bond donors (Lipinski definition) is 2. The van der Waals surface area contributed by atoms with E-state index in [4.69, 9.17) is 4.74 Å². The molecule has 3 rings (SSSR count). The first-order valence-electron chi connectivity index (χ1n) is 7.91. The minimum Gasteiger partial charge on any atom is -0.497 e. The van der Waals surface area contributed by atoms with Crippen LogP contribution in [0.5, 0.6) is 5.75 Å². The van der Waals surface area contributed by atoms with Gasteiger partial charge in [0.25, 0.3) is 0 Å². The SMILES string of the molecule is CCCCC1(C2CNc3ccc(OC)cc32)CCNC1.